The first-order chi connectivity index (χ1) is 8.29. The number of piperidine rings is 1. The molecule has 0 aliphatic carbocycles. The smallest absolute Gasteiger partial charge is 0.277 e. The lowest BCUT2D eigenvalue weighted by Gasteiger charge is -2.26. The SMILES string of the molecule is CCc1nnc(SCC(=O)N2CCCCC2)o1. The lowest BCUT2D eigenvalue weighted by atomic mass is 10.1. The van der Waals surface area contributed by atoms with Gasteiger partial charge in [-0.15, -0.1) is 10.2 Å². The van der Waals surface area contributed by atoms with E-state index in [1.165, 1.54) is 18.2 Å². The number of aryl methyl sites for hydroxylation is 1. The molecule has 6 heteroatoms. The van der Waals surface area contributed by atoms with Crippen molar-refractivity contribution in [2.24, 2.45) is 0 Å². The molecule has 1 aromatic heterocycles. The zero-order chi connectivity index (χ0) is 12.1. The van der Waals surface area contributed by atoms with E-state index in [-0.39, 0.29) is 5.91 Å². The van der Waals surface area contributed by atoms with E-state index in [0.29, 0.717) is 16.9 Å². The maximum Gasteiger partial charge on any atom is 0.277 e. The van der Waals surface area contributed by atoms with E-state index in [0.717, 1.165) is 32.4 Å². The van der Waals surface area contributed by atoms with Crippen LogP contribution in [0, 0.1) is 0 Å². The first-order valence-electron chi connectivity index (χ1n) is 6.02. The fourth-order valence-corrected chi connectivity index (χ4v) is 2.48. The van der Waals surface area contributed by atoms with Gasteiger partial charge in [0, 0.05) is 19.5 Å². The number of likely N-dealkylation sites (tertiary alicyclic amines) is 1. The number of amides is 1. The molecule has 0 bridgehead atoms. The van der Waals surface area contributed by atoms with Gasteiger partial charge in [0.05, 0.1) is 5.75 Å². The molecule has 17 heavy (non-hydrogen) atoms. The quantitative estimate of drug-likeness (QED) is 0.767. The molecule has 94 valence electrons. The monoisotopic (exact) mass is 255 g/mol. The van der Waals surface area contributed by atoms with Crippen LogP contribution in [-0.4, -0.2) is 39.8 Å². The summed E-state index contributed by atoms with van der Waals surface area (Å²) in [6.07, 6.45) is 4.21. The molecule has 2 rings (SSSR count). The van der Waals surface area contributed by atoms with Crippen LogP contribution in [0.25, 0.3) is 0 Å². The summed E-state index contributed by atoms with van der Waals surface area (Å²) >= 11 is 1.33. The summed E-state index contributed by atoms with van der Waals surface area (Å²) in [7, 11) is 0. The second kappa shape index (κ2) is 6.05. The summed E-state index contributed by atoms with van der Waals surface area (Å²) in [4.78, 5) is 13.8. The van der Waals surface area contributed by atoms with Crippen molar-refractivity contribution in [3.05, 3.63) is 5.89 Å². The van der Waals surface area contributed by atoms with Gasteiger partial charge in [-0.1, -0.05) is 18.7 Å². The maximum atomic E-state index is 11.9. The molecule has 0 saturated carbocycles. The minimum Gasteiger partial charge on any atom is -0.416 e. The van der Waals surface area contributed by atoms with Gasteiger partial charge >= 0.3 is 0 Å². The third kappa shape index (κ3) is 3.46. The number of nitrogens with zero attached hydrogens (tertiary/aromatic N) is 3. The Hall–Kier alpha value is -1.04. The summed E-state index contributed by atoms with van der Waals surface area (Å²) in [6.45, 7) is 3.74. The number of rotatable bonds is 4. The van der Waals surface area contributed by atoms with Crippen LogP contribution in [0.4, 0.5) is 0 Å². The molecule has 1 amide bonds. The van der Waals surface area contributed by atoms with Gasteiger partial charge in [-0.05, 0) is 19.3 Å². The van der Waals surface area contributed by atoms with Crippen molar-refractivity contribution < 1.29 is 9.21 Å². The van der Waals surface area contributed by atoms with Gasteiger partial charge in [0.2, 0.25) is 11.8 Å². The maximum absolute atomic E-state index is 11.9. The standard InChI is InChI=1S/C11H17N3O2S/c1-2-9-12-13-11(16-9)17-8-10(15)14-6-4-3-5-7-14/h2-8H2,1H3. The molecule has 0 atom stereocenters. The molecule has 1 aliphatic heterocycles. The average molecular weight is 255 g/mol. The van der Waals surface area contributed by atoms with Crippen LogP contribution in [0.15, 0.2) is 9.64 Å². The van der Waals surface area contributed by atoms with Crippen LogP contribution in [0.1, 0.15) is 32.1 Å². The number of carbonyl (C=O) groups is 1. The molecule has 5 nitrogen and oxygen atoms in total. The molecule has 1 saturated heterocycles. The average Bonchev–Trinajstić information content (AvgIpc) is 2.85. The Morgan fingerprint density at radius 2 is 2.12 bits per heavy atom. The van der Waals surface area contributed by atoms with Crippen LogP contribution in [-0.2, 0) is 11.2 Å². The van der Waals surface area contributed by atoms with Crippen molar-refractivity contribution in [1.82, 2.24) is 15.1 Å². The van der Waals surface area contributed by atoms with Gasteiger partial charge in [-0.2, -0.15) is 0 Å². The fourth-order valence-electron chi connectivity index (χ4n) is 1.80. The highest BCUT2D eigenvalue weighted by molar-refractivity contribution is 7.99. The summed E-state index contributed by atoms with van der Waals surface area (Å²) in [5.41, 5.74) is 0. The molecular weight excluding hydrogens is 238 g/mol. The van der Waals surface area contributed by atoms with Gasteiger partial charge in [0.15, 0.2) is 0 Å². The molecule has 1 aromatic rings. The van der Waals surface area contributed by atoms with Gasteiger partial charge in [-0.3, -0.25) is 4.79 Å². The van der Waals surface area contributed by atoms with Gasteiger partial charge in [-0.25, -0.2) is 0 Å². The van der Waals surface area contributed by atoms with Crippen LogP contribution in [0.5, 0.6) is 0 Å². The predicted octanol–water partition coefficient (Wildman–Crippen LogP) is 1.74. The van der Waals surface area contributed by atoms with Gasteiger partial charge in [0.1, 0.15) is 0 Å². The Balaban J connectivity index is 1.78. The third-order valence-electron chi connectivity index (χ3n) is 2.78. The Bertz CT molecular complexity index is 375. The Kier molecular flexibility index (Phi) is 4.42. The van der Waals surface area contributed by atoms with E-state index < -0.39 is 0 Å². The van der Waals surface area contributed by atoms with E-state index in [1.807, 2.05) is 11.8 Å². The van der Waals surface area contributed by atoms with E-state index in [2.05, 4.69) is 10.2 Å². The highest BCUT2D eigenvalue weighted by atomic mass is 32.2. The minimum atomic E-state index is 0.172. The van der Waals surface area contributed by atoms with Crippen molar-refractivity contribution in [1.29, 1.82) is 0 Å². The predicted molar refractivity (Wildman–Crippen MR) is 64.8 cm³/mol. The van der Waals surface area contributed by atoms with Crippen molar-refractivity contribution in [3.8, 4) is 0 Å². The van der Waals surface area contributed by atoms with E-state index in [1.54, 1.807) is 0 Å². The second-order valence-electron chi connectivity index (χ2n) is 4.05. The number of hydrogen-bond acceptors (Lipinski definition) is 5. The van der Waals surface area contributed by atoms with Crippen LogP contribution >= 0.6 is 11.8 Å². The van der Waals surface area contributed by atoms with Crippen LogP contribution < -0.4 is 0 Å². The lowest BCUT2D eigenvalue weighted by Crippen LogP contribution is -2.36. The lowest BCUT2D eigenvalue weighted by molar-refractivity contribution is -0.129. The minimum absolute atomic E-state index is 0.172. The zero-order valence-electron chi connectivity index (χ0n) is 10.0. The molecule has 0 unspecified atom stereocenters. The number of thioether (sulfide) groups is 1. The number of aromatic nitrogens is 2. The Labute approximate surface area is 105 Å². The van der Waals surface area contributed by atoms with E-state index in [9.17, 15) is 4.79 Å². The molecular formula is C11H17N3O2S. The number of carbonyl (C=O) groups excluding carboxylic acids is 1. The highest BCUT2D eigenvalue weighted by Crippen LogP contribution is 2.18. The van der Waals surface area contributed by atoms with Crippen molar-refractivity contribution in [2.45, 2.75) is 37.8 Å². The molecule has 2 heterocycles. The van der Waals surface area contributed by atoms with E-state index in [4.69, 9.17) is 4.42 Å². The highest BCUT2D eigenvalue weighted by Gasteiger charge is 2.17. The first-order valence-corrected chi connectivity index (χ1v) is 7.01. The largest absolute Gasteiger partial charge is 0.416 e. The fraction of sp³-hybridized carbons (Fsp3) is 0.727. The van der Waals surface area contributed by atoms with Crippen molar-refractivity contribution in [3.63, 3.8) is 0 Å². The van der Waals surface area contributed by atoms with E-state index >= 15 is 0 Å². The summed E-state index contributed by atoms with van der Waals surface area (Å²) in [6, 6.07) is 0. The van der Waals surface area contributed by atoms with Crippen LogP contribution in [0.2, 0.25) is 0 Å². The van der Waals surface area contributed by atoms with Crippen LogP contribution in [0.3, 0.4) is 0 Å². The summed E-state index contributed by atoms with van der Waals surface area (Å²) in [5, 5.41) is 8.24. The topological polar surface area (TPSA) is 59.2 Å². The van der Waals surface area contributed by atoms with Crippen molar-refractivity contribution >= 4 is 17.7 Å². The third-order valence-corrected chi connectivity index (χ3v) is 3.58. The summed E-state index contributed by atoms with van der Waals surface area (Å²) < 4.78 is 5.34. The number of hydrogen-bond donors (Lipinski definition) is 0. The Morgan fingerprint density at radius 1 is 1.35 bits per heavy atom. The van der Waals surface area contributed by atoms with Gasteiger partial charge in [0.25, 0.3) is 5.22 Å². The molecule has 1 aliphatic rings. The van der Waals surface area contributed by atoms with Crippen molar-refractivity contribution in [2.75, 3.05) is 18.8 Å². The molecule has 0 N–H and O–H groups in total. The summed E-state index contributed by atoms with van der Waals surface area (Å²) in [5.74, 6) is 1.19. The molecule has 0 aromatic carbocycles. The zero-order valence-corrected chi connectivity index (χ0v) is 10.8. The Morgan fingerprint density at radius 3 is 2.76 bits per heavy atom. The first kappa shape index (κ1) is 12.4. The molecule has 0 spiro atoms. The second-order valence-corrected chi connectivity index (χ2v) is 4.97. The molecule has 0 radical (unpaired) electrons. The molecule has 1 fully saturated rings. The normalized spacial score (nSPS) is 16.2. The van der Waals surface area contributed by atoms with Gasteiger partial charge < -0.3 is 9.32 Å².